The maximum absolute atomic E-state index is 11.7. The van der Waals surface area contributed by atoms with Crippen LogP contribution in [0.3, 0.4) is 0 Å². The number of nitrogens with one attached hydrogen (secondary N) is 2. The van der Waals surface area contributed by atoms with Gasteiger partial charge in [-0.2, -0.15) is 0 Å². The van der Waals surface area contributed by atoms with Crippen LogP contribution >= 0.6 is 0 Å². The summed E-state index contributed by atoms with van der Waals surface area (Å²) in [5.41, 5.74) is 8.13. The number of anilines is 1. The zero-order valence-corrected chi connectivity index (χ0v) is 21.1. The Hall–Kier alpha value is -4.34. The normalized spacial score (nSPS) is 11.6. The van der Waals surface area contributed by atoms with Gasteiger partial charge in [-0.1, -0.05) is 0 Å². The Kier molecular flexibility index (Phi) is 7.10. The number of carbonyl (C=O) groups is 2. The van der Waals surface area contributed by atoms with Crippen molar-refractivity contribution in [2.45, 2.75) is 38.5 Å². The average molecular weight is 495 g/mol. The maximum Gasteiger partial charge on any atom is 0.317 e. The van der Waals surface area contributed by atoms with Crippen molar-refractivity contribution in [1.29, 1.82) is 0 Å². The fraction of sp³-hybridized carbons (Fsp3) is 0.308. The minimum Gasteiger partial charge on any atom is -0.468 e. The van der Waals surface area contributed by atoms with Gasteiger partial charge in [-0.05, 0) is 64.1 Å². The van der Waals surface area contributed by atoms with Gasteiger partial charge in [-0.3, -0.25) is 19.7 Å². The monoisotopic (exact) mass is 494 g/mol. The van der Waals surface area contributed by atoms with Gasteiger partial charge in [0.05, 0.1) is 19.1 Å². The number of ether oxygens (including phenoxy) is 2. The summed E-state index contributed by atoms with van der Waals surface area (Å²) in [6, 6.07) is 13.8. The summed E-state index contributed by atoms with van der Waals surface area (Å²) in [4.78, 5) is 40.0. The molecule has 0 amide bonds. The number of aromatic nitrogens is 2. The molecule has 4 rings (SSSR count). The van der Waals surface area contributed by atoms with E-state index in [-0.39, 0.29) is 17.6 Å². The number of nitrogens with two attached hydrogens (primary N) is 1. The highest BCUT2D eigenvalue weighted by molar-refractivity contribution is 5.89. The van der Waals surface area contributed by atoms with Gasteiger partial charge in [0.2, 0.25) is 0 Å². The molecule has 0 spiro atoms. The number of non-ortho nitro benzene ring substituents is 1. The van der Waals surface area contributed by atoms with Crippen molar-refractivity contribution in [3.63, 3.8) is 0 Å². The fourth-order valence-electron chi connectivity index (χ4n) is 3.79. The van der Waals surface area contributed by atoms with Crippen LogP contribution in [0, 0.1) is 10.1 Å². The van der Waals surface area contributed by atoms with Gasteiger partial charge in [0, 0.05) is 51.0 Å². The molecule has 0 bridgehead atoms. The molecule has 0 aliphatic heterocycles. The first-order chi connectivity index (χ1) is 16.8. The van der Waals surface area contributed by atoms with Crippen molar-refractivity contribution in [2.24, 2.45) is 0 Å². The number of fused-ring (bicyclic) bond motifs is 2. The second-order valence-electron chi connectivity index (χ2n) is 9.47. The third kappa shape index (κ3) is 5.02. The summed E-state index contributed by atoms with van der Waals surface area (Å²) in [6.45, 7) is 7.12. The molecule has 0 unspecified atom stereocenters. The molecule has 0 saturated heterocycles. The van der Waals surface area contributed by atoms with Crippen LogP contribution < -0.4 is 5.73 Å². The topological polar surface area (TPSA) is 153 Å². The SMILES string of the molecule is COC(=O)C(C)(C)c1cc2cc(N)ccc2[nH]1.COC(=O)C(C)(C)c1cc2cc([N+](=O)[O-])ccc2[nH]1. The molecule has 190 valence electrons. The van der Waals surface area contributed by atoms with Gasteiger partial charge in [0.25, 0.3) is 5.69 Å². The number of rotatable bonds is 5. The molecule has 10 nitrogen and oxygen atoms in total. The number of carbonyl (C=O) groups excluding carboxylic acids is 2. The predicted octanol–water partition coefficient (Wildman–Crippen LogP) is 4.73. The van der Waals surface area contributed by atoms with Crippen LogP contribution in [0.15, 0.2) is 48.5 Å². The van der Waals surface area contributed by atoms with Gasteiger partial charge in [0.1, 0.15) is 10.8 Å². The van der Waals surface area contributed by atoms with Gasteiger partial charge in [-0.25, -0.2) is 0 Å². The number of nitro groups is 1. The van der Waals surface area contributed by atoms with Crippen LogP contribution in [0.4, 0.5) is 11.4 Å². The van der Waals surface area contributed by atoms with E-state index in [0.29, 0.717) is 16.8 Å². The standard InChI is InChI=1S/C13H14N2O4.C13H16N2O2/c1-13(2,12(16)19-3)11-7-8-6-9(15(17)18)4-5-10(8)14-11;1-13(2,12(16)17-3)11-7-8-6-9(14)4-5-10(8)15-11/h4-7,14H,1-3H3;4-7,15H,14H2,1-3H3. The van der Waals surface area contributed by atoms with Crippen molar-refractivity contribution in [3.8, 4) is 0 Å². The summed E-state index contributed by atoms with van der Waals surface area (Å²) in [6.07, 6.45) is 0. The van der Waals surface area contributed by atoms with Crippen molar-refractivity contribution < 1.29 is 24.0 Å². The van der Waals surface area contributed by atoms with Crippen molar-refractivity contribution in [2.75, 3.05) is 20.0 Å². The highest BCUT2D eigenvalue weighted by atomic mass is 16.6. The van der Waals surface area contributed by atoms with E-state index in [1.807, 2.05) is 38.1 Å². The number of benzene rings is 2. The number of esters is 2. The summed E-state index contributed by atoms with van der Waals surface area (Å²) < 4.78 is 9.57. The van der Waals surface area contributed by atoms with Crippen LogP contribution in [-0.4, -0.2) is 41.0 Å². The second-order valence-corrected chi connectivity index (χ2v) is 9.47. The van der Waals surface area contributed by atoms with E-state index < -0.39 is 15.8 Å². The van der Waals surface area contributed by atoms with Crippen LogP contribution in [0.5, 0.6) is 0 Å². The minimum atomic E-state index is -0.831. The second kappa shape index (κ2) is 9.73. The van der Waals surface area contributed by atoms with Crippen LogP contribution in [0.25, 0.3) is 21.8 Å². The largest absolute Gasteiger partial charge is 0.468 e. The molecule has 0 aliphatic carbocycles. The molecule has 36 heavy (non-hydrogen) atoms. The molecule has 0 aliphatic rings. The van der Waals surface area contributed by atoms with Gasteiger partial charge < -0.3 is 25.2 Å². The summed E-state index contributed by atoms with van der Waals surface area (Å²) in [5.74, 6) is -0.634. The number of hydrogen-bond acceptors (Lipinski definition) is 7. The third-order valence-electron chi connectivity index (χ3n) is 6.20. The number of aromatic amines is 2. The Morgan fingerprint density at radius 3 is 1.69 bits per heavy atom. The quantitative estimate of drug-likeness (QED) is 0.157. The molecule has 4 aromatic rings. The summed E-state index contributed by atoms with van der Waals surface area (Å²) >= 11 is 0. The Bertz CT molecular complexity index is 1450. The van der Waals surface area contributed by atoms with E-state index in [1.54, 1.807) is 26.0 Å². The van der Waals surface area contributed by atoms with Crippen molar-refractivity contribution >= 4 is 45.1 Å². The van der Waals surface area contributed by atoms with E-state index in [1.165, 1.54) is 26.4 Å². The number of nitrogen functional groups attached to an aromatic ring is 1. The van der Waals surface area contributed by atoms with Gasteiger partial charge >= 0.3 is 11.9 Å². The molecule has 2 aromatic heterocycles. The lowest BCUT2D eigenvalue weighted by Gasteiger charge is -2.19. The molecule has 10 heteroatoms. The number of hydrogen-bond donors (Lipinski definition) is 3. The first-order valence-electron chi connectivity index (χ1n) is 11.1. The number of nitrogens with zero attached hydrogens (tertiary/aromatic N) is 1. The molecule has 0 saturated carbocycles. The molecule has 0 atom stereocenters. The lowest BCUT2D eigenvalue weighted by molar-refractivity contribution is -0.384. The fourth-order valence-corrected chi connectivity index (χ4v) is 3.79. The third-order valence-corrected chi connectivity index (χ3v) is 6.20. The summed E-state index contributed by atoms with van der Waals surface area (Å²) in [7, 11) is 2.72. The molecule has 0 fully saturated rings. The Labute approximate surface area is 207 Å². The zero-order chi connectivity index (χ0) is 26.8. The first-order valence-corrected chi connectivity index (χ1v) is 11.1. The van der Waals surface area contributed by atoms with Gasteiger partial charge in [0.15, 0.2) is 0 Å². The Balaban J connectivity index is 0.000000202. The Morgan fingerprint density at radius 1 is 0.806 bits per heavy atom. The molecular weight excluding hydrogens is 464 g/mol. The van der Waals surface area contributed by atoms with Crippen LogP contribution in [-0.2, 0) is 29.9 Å². The smallest absolute Gasteiger partial charge is 0.317 e. The average Bonchev–Trinajstić information content (AvgIpc) is 3.47. The molecule has 4 N–H and O–H groups in total. The van der Waals surface area contributed by atoms with E-state index in [9.17, 15) is 19.7 Å². The maximum atomic E-state index is 11.7. The lowest BCUT2D eigenvalue weighted by atomic mass is 9.89. The van der Waals surface area contributed by atoms with Crippen LogP contribution in [0.1, 0.15) is 39.1 Å². The lowest BCUT2D eigenvalue weighted by Crippen LogP contribution is -2.30. The number of methoxy groups -OCH3 is 2. The molecular formula is C26H30N4O6. The Morgan fingerprint density at radius 2 is 1.25 bits per heavy atom. The predicted molar refractivity (Wildman–Crippen MR) is 138 cm³/mol. The first kappa shape index (κ1) is 26.3. The van der Waals surface area contributed by atoms with Crippen molar-refractivity contribution in [1.82, 2.24) is 9.97 Å². The number of nitro benzene ring substituents is 1. The van der Waals surface area contributed by atoms with E-state index in [4.69, 9.17) is 15.2 Å². The molecule has 2 aromatic carbocycles. The van der Waals surface area contributed by atoms with E-state index in [0.717, 1.165) is 22.1 Å². The van der Waals surface area contributed by atoms with Crippen LogP contribution in [0.2, 0.25) is 0 Å². The highest BCUT2D eigenvalue weighted by Crippen LogP contribution is 2.30. The van der Waals surface area contributed by atoms with Gasteiger partial charge in [-0.15, -0.1) is 0 Å². The summed E-state index contributed by atoms with van der Waals surface area (Å²) in [5, 5.41) is 12.4. The molecule has 0 radical (unpaired) electrons. The van der Waals surface area contributed by atoms with E-state index >= 15 is 0 Å². The van der Waals surface area contributed by atoms with Crippen molar-refractivity contribution in [3.05, 3.63) is 70.0 Å². The minimum absolute atomic E-state index is 0.0222. The van der Waals surface area contributed by atoms with E-state index in [2.05, 4.69) is 9.97 Å². The molecule has 2 heterocycles. The number of H-pyrrole nitrogens is 2. The highest BCUT2D eigenvalue weighted by Gasteiger charge is 2.33. The zero-order valence-electron chi connectivity index (χ0n) is 21.1.